The summed E-state index contributed by atoms with van der Waals surface area (Å²) in [5, 5.41) is 0. The van der Waals surface area contributed by atoms with E-state index < -0.39 is 5.41 Å². The van der Waals surface area contributed by atoms with Gasteiger partial charge in [-0.15, -0.1) is 0 Å². The number of fused-ring (bicyclic) bond motifs is 1. The summed E-state index contributed by atoms with van der Waals surface area (Å²) in [7, 11) is 0. The monoisotopic (exact) mass is 180 g/mol. The van der Waals surface area contributed by atoms with Crippen LogP contribution in [0, 0.1) is 10.8 Å². The molecule has 0 aromatic heterocycles. The Hall–Kier alpha value is -0.660. The molecule has 2 fully saturated rings. The Morgan fingerprint density at radius 1 is 1.23 bits per heavy atom. The number of aldehydes is 1. The standard InChI is InChI=1S/C11H16O2/c1-10-5-2-3-6-11(10,8-12)9(13)4-7-10/h8H,2-7H2,1H3/t10-,11+/m1/s1. The normalized spacial score (nSPS) is 44.5. The van der Waals surface area contributed by atoms with Crippen molar-refractivity contribution in [1.29, 1.82) is 0 Å². The van der Waals surface area contributed by atoms with Crippen LogP contribution in [0.25, 0.3) is 0 Å². The van der Waals surface area contributed by atoms with Crippen molar-refractivity contribution in [3.8, 4) is 0 Å². The highest BCUT2D eigenvalue weighted by Crippen LogP contribution is 2.57. The van der Waals surface area contributed by atoms with Crippen LogP contribution in [-0.4, -0.2) is 12.1 Å². The van der Waals surface area contributed by atoms with Crippen molar-refractivity contribution >= 4 is 12.1 Å². The smallest absolute Gasteiger partial charge is 0.146 e. The van der Waals surface area contributed by atoms with Gasteiger partial charge in [0.25, 0.3) is 0 Å². The molecule has 0 heterocycles. The van der Waals surface area contributed by atoms with Crippen molar-refractivity contribution in [2.24, 2.45) is 10.8 Å². The fraction of sp³-hybridized carbons (Fsp3) is 0.818. The highest BCUT2D eigenvalue weighted by molar-refractivity contribution is 6.01. The van der Waals surface area contributed by atoms with E-state index in [1.165, 1.54) is 6.42 Å². The summed E-state index contributed by atoms with van der Waals surface area (Å²) in [6.45, 7) is 2.12. The minimum absolute atomic E-state index is 0.00984. The molecule has 2 nitrogen and oxygen atoms in total. The van der Waals surface area contributed by atoms with E-state index in [1.807, 2.05) is 0 Å². The molecule has 2 rings (SSSR count). The molecule has 0 spiro atoms. The zero-order valence-electron chi connectivity index (χ0n) is 8.14. The number of ketones is 1. The highest BCUT2D eigenvalue weighted by atomic mass is 16.1. The van der Waals surface area contributed by atoms with E-state index in [-0.39, 0.29) is 11.2 Å². The summed E-state index contributed by atoms with van der Waals surface area (Å²) in [5.74, 6) is 0.199. The molecular formula is C11H16O2. The average Bonchev–Trinajstić information content (AvgIpc) is 2.40. The van der Waals surface area contributed by atoms with E-state index in [4.69, 9.17) is 0 Å². The van der Waals surface area contributed by atoms with Crippen molar-refractivity contribution < 1.29 is 9.59 Å². The molecule has 13 heavy (non-hydrogen) atoms. The third-order valence-electron chi connectivity index (χ3n) is 4.23. The third kappa shape index (κ3) is 0.946. The van der Waals surface area contributed by atoms with E-state index in [0.717, 1.165) is 32.0 Å². The van der Waals surface area contributed by atoms with E-state index in [9.17, 15) is 9.59 Å². The first-order valence-corrected chi connectivity index (χ1v) is 5.14. The molecule has 2 heteroatoms. The van der Waals surface area contributed by atoms with Gasteiger partial charge in [-0.25, -0.2) is 0 Å². The minimum Gasteiger partial charge on any atom is -0.302 e. The average molecular weight is 180 g/mol. The van der Waals surface area contributed by atoms with E-state index in [0.29, 0.717) is 6.42 Å². The van der Waals surface area contributed by atoms with Gasteiger partial charge in [0.15, 0.2) is 0 Å². The van der Waals surface area contributed by atoms with Crippen LogP contribution < -0.4 is 0 Å². The Labute approximate surface area is 78.7 Å². The second-order valence-electron chi connectivity index (χ2n) is 4.78. The fourth-order valence-corrected chi connectivity index (χ4v) is 3.15. The van der Waals surface area contributed by atoms with Gasteiger partial charge in [-0.1, -0.05) is 19.8 Å². The summed E-state index contributed by atoms with van der Waals surface area (Å²) in [5.41, 5.74) is -0.602. The van der Waals surface area contributed by atoms with Crippen LogP contribution in [0.2, 0.25) is 0 Å². The molecule has 0 N–H and O–H groups in total. The van der Waals surface area contributed by atoms with Crippen LogP contribution in [0.5, 0.6) is 0 Å². The second kappa shape index (κ2) is 2.66. The lowest BCUT2D eigenvalue weighted by molar-refractivity contribution is -0.140. The predicted octanol–water partition coefficient (Wildman–Crippen LogP) is 2.11. The molecule has 0 bridgehead atoms. The van der Waals surface area contributed by atoms with Gasteiger partial charge in [0.05, 0.1) is 5.41 Å². The molecule has 2 atom stereocenters. The van der Waals surface area contributed by atoms with Gasteiger partial charge in [-0.05, 0) is 24.7 Å². The SMILES string of the molecule is C[C@]12CCCC[C@]1(C=O)C(=O)CC2. The van der Waals surface area contributed by atoms with Crippen molar-refractivity contribution in [1.82, 2.24) is 0 Å². The maximum atomic E-state index is 11.7. The summed E-state index contributed by atoms with van der Waals surface area (Å²) in [6, 6.07) is 0. The number of carbonyl (C=O) groups is 2. The molecule has 0 aliphatic heterocycles. The van der Waals surface area contributed by atoms with Crippen LogP contribution in [0.1, 0.15) is 45.4 Å². The molecular weight excluding hydrogens is 164 g/mol. The molecule has 2 saturated carbocycles. The first-order chi connectivity index (χ1) is 6.15. The maximum Gasteiger partial charge on any atom is 0.146 e. The molecule has 72 valence electrons. The van der Waals surface area contributed by atoms with Gasteiger partial charge in [-0.3, -0.25) is 4.79 Å². The lowest BCUT2D eigenvalue weighted by atomic mass is 9.59. The van der Waals surface area contributed by atoms with Gasteiger partial charge >= 0.3 is 0 Å². The van der Waals surface area contributed by atoms with Crippen LogP contribution in [0.15, 0.2) is 0 Å². The van der Waals surface area contributed by atoms with E-state index >= 15 is 0 Å². The molecule has 2 aliphatic rings. The Morgan fingerprint density at radius 2 is 1.92 bits per heavy atom. The molecule has 0 saturated heterocycles. The maximum absolute atomic E-state index is 11.7. The third-order valence-corrected chi connectivity index (χ3v) is 4.23. The minimum atomic E-state index is -0.592. The molecule has 0 aromatic carbocycles. The molecule has 0 radical (unpaired) electrons. The number of Topliss-reactive ketones (excluding diaryl/α,β-unsaturated/α-hetero) is 1. The fourth-order valence-electron chi connectivity index (χ4n) is 3.15. The zero-order chi connectivity index (χ0) is 9.53. The van der Waals surface area contributed by atoms with Gasteiger partial charge < -0.3 is 4.79 Å². The Morgan fingerprint density at radius 3 is 2.54 bits per heavy atom. The van der Waals surface area contributed by atoms with Gasteiger partial charge in [0.2, 0.25) is 0 Å². The summed E-state index contributed by atoms with van der Waals surface area (Å²) in [4.78, 5) is 22.9. The van der Waals surface area contributed by atoms with Crippen molar-refractivity contribution in [2.75, 3.05) is 0 Å². The Bertz CT molecular complexity index is 259. The van der Waals surface area contributed by atoms with E-state index in [2.05, 4.69) is 6.92 Å². The summed E-state index contributed by atoms with van der Waals surface area (Å²) >= 11 is 0. The first-order valence-electron chi connectivity index (χ1n) is 5.14. The summed E-state index contributed by atoms with van der Waals surface area (Å²) in [6.07, 6.45) is 6.56. The van der Waals surface area contributed by atoms with Crippen LogP contribution in [-0.2, 0) is 9.59 Å². The number of hydrogen-bond acceptors (Lipinski definition) is 2. The van der Waals surface area contributed by atoms with Crippen molar-refractivity contribution in [2.45, 2.75) is 45.4 Å². The quantitative estimate of drug-likeness (QED) is 0.457. The van der Waals surface area contributed by atoms with E-state index in [1.54, 1.807) is 0 Å². The summed E-state index contributed by atoms with van der Waals surface area (Å²) < 4.78 is 0. The predicted molar refractivity (Wildman–Crippen MR) is 49.3 cm³/mol. The number of carbonyl (C=O) groups excluding carboxylic acids is 2. The molecule has 2 aliphatic carbocycles. The van der Waals surface area contributed by atoms with Gasteiger partial charge in [0, 0.05) is 6.42 Å². The Balaban J connectivity index is 2.43. The van der Waals surface area contributed by atoms with Crippen molar-refractivity contribution in [3.63, 3.8) is 0 Å². The number of rotatable bonds is 1. The first kappa shape index (κ1) is 8.92. The van der Waals surface area contributed by atoms with Crippen molar-refractivity contribution in [3.05, 3.63) is 0 Å². The largest absolute Gasteiger partial charge is 0.302 e. The highest BCUT2D eigenvalue weighted by Gasteiger charge is 2.58. The zero-order valence-corrected chi connectivity index (χ0v) is 8.14. The van der Waals surface area contributed by atoms with Crippen LogP contribution in [0.3, 0.4) is 0 Å². The second-order valence-corrected chi connectivity index (χ2v) is 4.78. The van der Waals surface area contributed by atoms with Gasteiger partial charge in [-0.2, -0.15) is 0 Å². The molecule has 0 amide bonds. The molecule has 0 aromatic rings. The molecule has 0 unspecified atom stereocenters. The number of hydrogen-bond donors (Lipinski definition) is 0. The topological polar surface area (TPSA) is 34.1 Å². The van der Waals surface area contributed by atoms with Crippen LogP contribution in [0.4, 0.5) is 0 Å². The van der Waals surface area contributed by atoms with Crippen LogP contribution >= 0.6 is 0 Å². The lowest BCUT2D eigenvalue weighted by Crippen LogP contribution is -2.43. The lowest BCUT2D eigenvalue weighted by Gasteiger charge is -2.42. The van der Waals surface area contributed by atoms with Gasteiger partial charge in [0.1, 0.15) is 12.1 Å². The Kier molecular flexibility index (Phi) is 1.83.